The Morgan fingerprint density at radius 1 is 0.966 bits per heavy atom. The fourth-order valence-electron chi connectivity index (χ4n) is 4.33. The molecule has 0 unspecified atom stereocenters. The predicted octanol–water partition coefficient (Wildman–Crippen LogP) is 3.39. The smallest absolute Gasteiger partial charge is 0.191 e. The highest BCUT2D eigenvalue weighted by Gasteiger charge is 2.27. The highest BCUT2D eigenvalue weighted by atomic mass is 15.2. The first-order valence-corrected chi connectivity index (χ1v) is 11.5. The molecule has 2 saturated heterocycles. The molecular weight excluding hydrogens is 360 g/mol. The summed E-state index contributed by atoms with van der Waals surface area (Å²) in [6.07, 6.45) is 11.2. The summed E-state index contributed by atoms with van der Waals surface area (Å²) in [5, 5.41) is 6.95. The van der Waals surface area contributed by atoms with Crippen LogP contribution in [0.4, 0.5) is 5.82 Å². The molecule has 6 nitrogen and oxygen atoms in total. The molecule has 29 heavy (non-hydrogen) atoms. The van der Waals surface area contributed by atoms with Crippen LogP contribution in [-0.2, 0) is 6.54 Å². The molecular formula is C23H40N6. The summed E-state index contributed by atoms with van der Waals surface area (Å²) in [5.74, 6) is 1.97. The maximum absolute atomic E-state index is 4.71. The van der Waals surface area contributed by atoms with E-state index >= 15 is 0 Å². The van der Waals surface area contributed by atoms with Crippen LogP contribution < -0.4 is 15.5 Å². The Labute approximate surface area is 177 Å². The number of nitrogens with one attached hydrogen (secondary N) is 2. The molecule has 1 aromatic heterocycles. The highest BCUT2D eigenvalue weighted by Crippen LogP contribution is 2.20. The van der Waals surface area contributed by atoms with Gasteiger partial charge in [-0.15, -0.1) is 0 Å². The van der Waals surface area contributed by atoms with Crippen molar-refractivity contribution in [2.24, 2.45) is 4.99 Å². The molecule has 0 saturated carbocycles. The van der Waals surface area contributed by atoms with Gasteiger partial charge in [0.25, 0.3) is 0 Å². The van der Waals surface area contributed by atoms with Gasteiger partial charge in [0.1, 0.15) is 5.82 Å². The molecule has 0 radical (unpaired) electrons. The Kier molecular flexibility index (Phi) is 8.16. The monoisotopic (exact) mass is 400 g/mol. The van der Waals surface area contributed by atoms with Gasteiger partial charge in [-0.25, -0.2) is 4.98 Å². The number of nitrogens with zero attached hydrogens (tertiary/aromatic N) is 4. The van der Waals surface area contributed by atoms with Gasteiger partial charge >= 0.3 is 0 Å². The molecule has 0 atom stereocenters. The largest absolute Gasteiger partial charge is 0.357 e. The lowest BCUT2D eigenvalue weighted by Crippen LogP contribution is -2.54. The summed E-state index contributed by atoms with van der Waals surface area (Å²) in [6.45, 7) is 10.9. The Morgan fingerprint density at radius 3 is 2.24 bits per heavy atom. The first-order chi connectivity index (χ1) is 14.1. The molecule has 2 N–H and O–H groups in total. The molecule has 0 spiro atoms. The fraction of sp³-hybridized carbons (Fsp3) is 0.739. The molecule has 2 aliphatic heterocycles. The van der Waals surface area contributed by atoms with Gasteiger partial charge in [-0.1, -0.05) is 25.3 Å². The van der Waals surface area contributed by atoms with Crippen LogP contribution in [0.25, 0.3) is 0 Å². The molecule has 1 aromatic rings. The van der Waals surface area contributed by atoms with Crippen LogP contribution in [0, 0.1) is 0 Å². The van der Waals surface area contributed by atoms with Gasteiger partial charge in [0.15, 0.2) is 5.96 Å². The van der Waals surface area contributed by atoms with Crippen molar-refractivity contribution in [2.75, 3.05) is 44.7 Å². The number of hydrogen-bond acceptors (Lipinski definition) is 4. The predicted molar refractivity (Wildman–Crippen MR) is 123 cm³/mol. The molecule has 0 aromatic carbocycles. The molecule has 6 heteroatoms. The third kappa shape index (κ3) is 6.59. The Morgan fingerprint density at radius 2 is 1.62 bits per heavy atom. The van der Waals surface area contributed by atoms with Crippen molar-refractivity contribution in [2.45, 2.75) is 70.9 Å². The van der Waals surface area contributed by atoms with Crippen LogP contribution in [0.3, 0.4) is 0 Å². The van der Waals surface area contributed by atoms with Gasteiger partial charge in [0.2, 0.25) is 0 Å². The summed E-state index contributed by atoms with van der Waals surface area (Å²) >= 11 is 0. The SMILES string of the molecule is CN=C(NCc1ccc(N2CCCCCC2)nc1)NCC(C)(C)N1CCCCC1. The number of pyridine rings is 1. The van der Waals surface area contributed by atoms with Crippen molar-refractivity contribution in [1.82, 2.24) is 20.5 Å². The van der Waals surface area contributed by atoms with E-state index in [9.17, 15) is 0 Å². The summed E-state index contributed by atoms with van der Waals surface area (Å²) in [7, 11) is 1.84. The van der Waals surface area contributed by atoms with E-state index in [4.69, 9.17) is 4.98 Å². The van der Waals surface area contributed by atoms with E-state index in [1.807, 2.05) is 13.2 Å². The zero-order valence-corrected chi connectivity index (χ0v) is 18.7. The van der Waals surface area contributed by atoms with Crippen LogP contribution in [0.2, 0.25) is 0 Å². The lowest BCUT2D eigenvalue weighted by Gasteiger charge is -2.41. The number of hydrogen-bond donors (Lipinski definition) is 2. The average molecular weight is 401 g/mol. The van der Waals surface area contributed by atoms with Crippen LogP contribution in [0.15, 0.2) is 23.3 Å². The highest BCUT2D eigenvalue weighted by molar-refractivity contribution is 5.79. The standard InChI is InChI=1S/C23H40N6/c1-23(2,29-15-9-6-10-16-29)19-27-22(24-3)26-18-20-11-12-21(25-17-20)28-13-7-4-5-8-14-28/h11-12,17H,4-10,13-16,18-19H2,1-3H3,(H2,24,26,27). The number of likely N-dealkylation sites (tertiary alicyclic amines) is 1. The summed E-state index contributed by atoms with van der Waals surface area (Å²) in [6, 6.07) is 4.35. The van der Waals surface area contributed by atoms with E-state index in [0.29, 0.717) is 0 Å². The maximum atomic E-state index is 4.71. The van der Waals surface area contributed by atoms with Gasteiger partial charge in [0, 0.05) is 45.0 Å². The van der Waals surface area contributed by atoms with Crippen molar-refractivity contribution in [3.8, 4) is 0 Å². The first-order valence-electron chi connectivity index (χ1n) is 11.5. The van der Waals surface area contributed by atoms with Gasteiger partial charge in [-0.3, -0.25) is 9.89 Å². The quantitative estimate of drug-likeness (QED) is 0.566. The van der Waals surface area contributed by atoms with Crippen molar-refractivity contribution < 1.29 is 0 Å². The lowest BCUT2D eigenvalue weighted by atomic mass is 9.98. The second kappa shape index (κ2) is 10.8. The van der Waals surface area contributed by atoms with E-state index in [2.05, 4.69) is 51.4 Å². The Hall–Kier alpha value is -1.82. The second-order valence-electron chi connectivity index (χ2n) is 9.07. The summed E-state index contributed by atoms with van der Waals surface area (Å²) in [5.41, 5.74) is 1.32. The molecule has 0 aliphatic carbocycles. The molecule has 3 heterocycles. The zero-order chi connectivity index (χ0) is 20.5. The molecule has 0 amide bonds. The van der Waals surface area contributed by atoms with Crippen LogP contribution >= 0.6 is 0 Å². The summed E-state index contributed by atoms with van der Waals surface area (Å²) < 4.78 is 0. The van der Waals surface area contributed by atoms with Gasteiger partial charge in [-0.05, 0) is 64.3 Å². The molecule has 2 aliphatic rings. The van der Waals surface area contributed by atoms with Crippen molar-refractivity contribution in [1.29, 1.82) is 0 Å². The fourth-order valence-corrected chi connectivity index (χ4v) is 4.33. The molecule has 0 bridgehead atoms. The van der Waals surface area contributed by atoms with E-state index in [1.54, 1.807) is 0 Å². The normalized spacial score (nSPS) is 19.7. The minimum absolute atomic E-state index is 0.133. The Balaban J connectivity index is 1.46. The third-order valence-electron chi connectivity index (χ3n) is 6.32. The molecule has 3 rings (SSSR count). The van der Waals surface area contributed by atoms with Crippen LogP contribution in [0.5, 0.6) is 0 Å². The number of anilines is 1. The van der Waals surface area contributed by atoms with E-state index in [0.717, 1.165) is 38.0 Å². The first kappa shape index (κ1) is 21.9. The number of aromatic nitrogens is 1. The molecule has 2 fully saturated rings. The van der Waals surface area contributed by atoms with Crippen molar-refractivity contribution in [3.63, 3.8) is 0 Å². The van der Waals surface area contributed by atoms with Crippen molar-refractivity contribution in [3.05, 3.63) is 23.9 Å². The number of piperidine rings is 1. The maximum Gasteiger partial charge on any atom is 0.191 e. The van der Waals surface area contributed by atoms with Gasteiger partial charge in [0.05, 0.1) is 0 Å². The van der Waals surface area contributed by atoms with E-state index in [-0.39, 0.29) is 5.54 Å². The minimum atomic E-state index is 0.133. The lowest BCUT2D eigenvalue weighted by molar-refractivity contribution is 0.0982. The summed E-state index contributed by atoms with van der Waals surface area (Å²) in [4.78, 5) is 14.1. The Bertz CT molecular complexity index is 625. The number of rotatable bonds is 6. The van der Waals surface area contributed by atoms with Gasteiger partial charge in [-0.2, -0.15) is 0 Å². The van der Waals surface area contributed by atoms with Gasteiger partial charge < -0.3 is 15.5 Å². The van der Waals surface area contributed by atoms with Crippen LogP contribution in [0.1, 0.15) is 64.4 Å². The second-order valence-corrected chi connectivity index (χ2v) is 9.07. The average Bonchev–Trinajstić information content (AvgIpc) is 3.04. The topological polar surface area (TPSA) is 55.8 Å². The minimum Gasteiger partial charge on any atom is -0.357 e. The number of aliphatic imine (C=N–C) groups is 1. The number of guanidine groups is 1. The van der Waals surface area contributed by atoms with Crippen molar-refractivity contribution >= 4 is 11.8 Å². The van der Waals surface area contributed by atoms with E-state index < -0.39 is 0 Å². The van der Waals surface area contributed by atoms with Crippen LogP contribution in [-0.4, -0.2) is 61.2 Å². The zero-order valence-electron chi connectivity index (χ0n) is 18.7. The van der Waals surface area contributed by atoms with E-state index in [1.165, 1.54) is 63.6 Å². The molecule has 162 valence electrons. The third-order valence-corrected chi connectivity index (χ3v) is 6.32.